The molecule has 0 aromatic rings. The molecule has 1 saturated heterocycles. The van der Waals surface area contributed by atoms with Gasteiger partial charge < -0.3 is 15.2 Å². The van der Waals surface area contributed by atoms with Gasteiger partial charge in [0.05, 0.1) is 6.10 Å². The first-order valence-electron chi connectivity index (χ1n) is 4.36. The average Bonchev–Trinajstić information content (AvgIpc) is 2.07. The molecule has 1 fully saturated rings. The quantitative estimate of drug-likeness (QED) is 0.573. The maximum Gasteiger partial charge on any atom is 0.0699 e. The number of nitrogens with one attached hydrogen (secondary N) is 1. The minimum atomic E-state index is 0.236. The summed E-state index contributed by atoms with van der Waals surface area (Å²) in [7, 11) is 0. The number of rotatable bonds is 4. The summed E-state index contributed by atoms with van der Waals surface area (Å²) in [5, 5.41) is 11.8. The Morgan fingerprint density at radius 3 is 3.09 bits per heavy atom. The summed E-state index contributed by atoms with van der Waals surface area (Å²) in [6.07, 6.45) is 3.52. The van der Waals surface area contributed by atoms with Crippen molar-refractivity contribution in [3.8, 4) is 0 Å². The van der Waals surface area contributed by atoms with Gasteiger partial charge >= 0.3 is 0 Å². The van der Waals surface area contributed by atoms with Crippen LogP contribution in [0.4, 0.5) is 0 Å². The molecule has 0 aromatic carbocycles. The predicted molar refractivity (Wildman–Crippen MR) is 43.5 cm³/mol. The lowest BCUT2D eigenvalue weighted by molar-refractivity contribution is 0.0295. The van der Waals surface area contributed by atoms with Gasteiger partial charge in [-0.3, -0.25) is 0 Å². The monoisotopic (exact) mass is 159 g/mol. The van der Waals surface area contributed by atoms with Gasteiger partial charge in [-0.1, -0.05) is 0 Å². The zero-order chi connectivity index (χ0) is 7.94. The van der Waals surface area contributed by atoms with E-state index in [9.17, 15) is 0 Å². The molecule has 1 atom stereocenters. The van der Waals surface area contributed by atoms with Gasteiger partial charge in [0.1, 0.15) is 0 Å². The summed E-state index contributed by atoms with van der Waals surface area (Å²) >= 11 is 0. The highest BCUT2D eigenvalue weighted by atomic mass is 16.5. The molecular weight excluding hydrogens is 142 g/mol. The van der Waals surface area contributed by atoms with E-state index in [1.54, 1.807) is 0 Å². The van der Waals surface area contributed by atoms with Gasteiger partial charge in [-0.25, -0.2) is 0 Å². The van der Waals surface area contributed by atoms with E-state index in [4.69, 9.17) is 9.84 Å². The molecule has 0 radical (unpaired) electrons. The molecule has 1 aliphatic heterocycles. The average molecular weight is 159 g/mol. The van der Waals surface area contributed by atoms with Gasteiger partial charge in [-0.05, 0) is 25.8 Å². The third-order valence-electron chi connectivity index (χ3n) is 1.91. The largest absolute Gasteiger partial charge is 0.396 e. The standard InChI is InChI=1S/C8H17NO2/c10-5-2-6-11-8-3-1-4-9-7-8/h8-10H,1-7H2/t8-/m0/s1. The Morgan fingerprint density at radius 2 is 2.45 bits per heavy atom. The molecule has 0 aromatic heterocycles. The SMILES string of the molecule is OCCCO[C@H]1CCCNC1. The summed E-state index contributed by atoms with van der Waals surface area (Å²) in [5.41, 5.74) is 0. The van der Waals surface area contributed by atoms with Crippen molar-refractivity contribution in [2.75, 3.05) is 26.3 Å². The van der Waals surface area contributed by atoms with E-state index in [-0.39, 0.29) is 6.61 Å². The van der Waals surface area contributed by atoms with Crippen LogP contribution in [0.15, 0.2) is 0 Å². The number of hydrogen-bond acceptors (Lipinski definition) is 3. The number of aliphatic hydroxyl groups excluding tert-OH is 1. The molecule has 2 N–H and O–H groups in total. The van der Waals surface area contributed by atoms with Crippen LogP contribution in [0, 0.1) is 0 Å². The molecule has 0 saturated carbocycles. The second-order valence-corrected chi connectivity index (χ2v) is 2.92. The van der Waals surface area contributed by atoms with Crippen LogP contribution >= 0.6 is 0 Å². The molecule has 11 heavy (non-hydrogen) atoms. The Balaban J connectivity index is 1.96. The van der Waals surface area contributed by atoms with Gasteiger partial charge in [0, 0.05) is 19.8 Å². The van der Waals surface area contributed by atoms with E-state index in [1.165, 1.54) is 12.8 Å². The first-order chi connectivity index (χ1) is 5.43. The van der Waals surface area contributed by atoms with Crippen molar-refractivity contribution in [3.05, 3.63) is 0 Å². The zero-order valence-corrected chi connectivity index (χ0v) is 6.88. The van der Waals surface area contributed by atoms with Crippen LogP contribution in [-0.4, -0.2) is 37.5 Å². The van der Waals surface area contributed by atoms with Gasteiger partial charge in [-0.15, -0.1) is 0 Å². The van der Waals surface area contributed by atoms with E-state index >= 15 is 0 Å². The normalized spacial score (nSPS) is 25.4. The highest BCUT2D eigenvalue weighted by Crippen LogP contribution is 2.05. The van der Waals surface area contributed by atoms with Crippen molar-refractivity contribution in [3.63, 3.8) is 0 Å². The molecular formula is C8H17NO2. The number of hydrogen-bond donors (Lipinski definition) is 2. The maximum atomic E-state index is 8.50. The maximum absolute atomic E-state index is 8.50. The van der Waals surface area contributed by atoms with E-state index in [1.807, 2.05) is 0 Å². The molecule has 0 bridgehead atoms. The molecule has 66 valence electrons. The second kappa shape index (κ2) is 5.52. The van der Waals surface area contributed by atoms with Crippen molar-refractivity contribution >= 4 is 0 Å². The summed E-state index contributed by atoms with van der Waals surface area (Å²) < 4.78 is 5.50. The van der Waals surface area contributed by atoms with Gasteiger partial charge in [-0.2, -0.15) is 0 Å². The first kappa shape index (κ1) is 8.97. The van der Waals surface area contributed by atoms with E-state index in [0.29, 0.717) is 12.7 Å². The molecule has 3 nitrogen and oxygen atoms in total. The fourth-order valence-electron chi connectivity index (χ4n) is 1.28. The molecule has 1 rings (SSSR count). The van der Waals surface area contributed by atoms with Crippen LogP contribution in [-0.2, 0) is 4.74 Å². The van der Waals surface area contributed by atoms with Crippen LogP contribution in [0.2, 0.25) is 0 Å². The minimum Gasteiger partial charge on any atom is -0.396 e. The number of piperidine rings is 1. The fourth-order valence-corrected chi connectivity index (χ4v) is 1.28. The summed E-state index contributed by atoms with van der Waals surface area (Å²) in [6.45, 7) is 3.04. The summed E-state index contributed by atoms with van der Waals surface area (Å²) in [6, 6.07) is 0. The summed E-state index contributed by atoms with van der Waals surface area (Å²) in [4.78, 5) is 0. The highest BCUT2D eigenvalue weighted by molar-refractivity contribution is 4.68. The highest BCUT2D eigenvalue weighted by Gasteiger charge is 2.11. The Morgan fingerprint density at radius 1 is 1.55 bits per heavy atom. The van der Waals surface area contributed by atoms with Crippen LogP contribution < -0.4 is 5.32 Å². The fraction of sp³-hybridized carbons (Fsp3) is 1.00. The molecule has 1 aliphatic rings. The van der Waals surface area contributed by atoms with Crippen molar-refractivity contribution in [2.24, 2.45) is 0 Å². The van der Waals surface area contributed by atoms with Crippen molar-refractivity contribution in [1.29, 1.82) is 0 Å². The third kappa shape index (κ3) is 3.70. The van der Waals surface area contributed by atoms with Crippen molar-refractivity contribution < 1.29 is 9.84 Å². The van der Waals surface area contributed by atoms with Crippen LogP contribution in [0.25, 0.3) is 0 Å². The molecule has 1 heterocycles. The Kier molecular flexibility index (Phi) is 4.50. The third-order valence-corrected chi connectivity index (χ3v) is 1.91. The number of aliphatic hydroxyl groups is 1. The lowest BCUT2D eigenvalue weighted by atomic mass is 10.1. The predicted octanol–water partition coefficient (Wildman–Crippen LogP) is 0.137. The molecule has 0 unspecified atom stereocenters. The first-order valence-corrected chi connectivity index (χ1v) is 4.36. The molecule has 3 heteroatoms. The Labute approximate surface area is 67.7 Å². The van der Waals surface area contributed by atoms with Gasteiger partial charge in [0.2, 0.25) is 0 Å². The zero-order valence-electron chi connectivity index (χ0n) is 6.88. The van der Waals surface area contributed by atoms with E-state index < -0.39 is 0 Å². The van der Waals surface area contributed by atoms with Gasteiger partial charge in [0.25, 0.3) is 0 Å². The van der Waals surface area contributed by atoms with Crippen molar-refractivity contribution in [2.45, 2.75) is 25.4 Å². The van der Waals surface area contributed by atoms with E-state index in [0.717, 1.165) is 19.5 Å². The minimum absolute atomic E-state index is 0.236. The van der Waals surface area contributed by atoms with Crippen LogP contribution in [0.3, 0.4) is 0 Å². The van der Waals surface area contributed by atoms with Crippen LogP contribution in [0.5, 0.6) is 0 Å². The Hall–Kier alpha value is -0.120. The summed E-state index contributed by atoms with van der Waals surface area (Å²) in [5.74, 6) is 0. The molecule has 0 aliphatic carbocycles. The second-order valence-electron chi connectivity index (χ2n) is 2.92. The van der Waals surface area contributed by atoms with E-state index in [2.05, 4.69) is 5.32 Å². The number of ether oxygens (including phenoxy) is 1. The van der Waals surface area contributed by atoms with Crippen molar-refractivity contribution in [1.82, 2.24) is 5.32 Å². The lowest BCUT2D eigenvalue weighted by Crippen LogP contribution is -2.35. The lowest BCUT2D eigenvalue weighted by Gasteiger charge is -2.22. The van der Waals surface area contributed by atoms with Crippen LogP contribution in [0.1, 0.15) is 19.3 Å². The smallest absolute Gasteiger partial charge is 0.0699 e. The van der Waals surface area contributed by atoms with Gasteiger partial charge in [0.15, 0.2) is 0 Å². The molecule has 0 amide bonds. The Bertz CT molecular complexity index is 92.1. The topological polar surface area (TPSA) is 41.5 Å². The molecule has 0 spiro atoms.